The molecule has 0 fully saturated rings. The Kier molecular flexibility index (Phi) is 7.98. The third-order valence-electron chi connectivity index (χ3n) is 4.73. The molecule has 2 aromatic heterocycles. The number of hydrogen-bond donors (Lipinski definition) is 2. The number of ether oxygens (including phenoxy) is 1. The third-order valence-corrected chi connectivity index (χ3v) is 4.73. The fraction of sp³-hybridized carbons (Fsp3) is 0.391. The summed E-state index contributed by atoms with van der Waals surface area (Å²) in [7, 11) is 0. The van der Waals surface area contributed by atoms with Crippen LogP contribution >= 0.6 is 0 Å². The first kappa shape index (κ1) is 22.3. The molecule has 0 saturated heterocycles. The molecule has 8 heteroatoms. The van der Waals surface area contributed by atoms with Crippen LogP contribution in [0.1, 0.15) is 47.9 Å². The van der Waals surface area contributed by atoms with E-state index in [1.54, 1.807) is 16.8 Å². The van der Waals surface area contributed by atoms with Crippen LogP contribution in [0.2, 0.25) is 0 Å². The largest absolute Gasteiger partial charge is 0.494 e. The number of hydrogen-bond acceptors (Lipinski definition) is 6. The lowest BCUT2D eigenvalue weighted by Gasteiger charge is -2.09. The van der Waals surface area contributed by atoms with E-state index < -0.39 is 0 Å². The molecule has 0 saturated carbocycles. The lowest BCUT2D eigenvalue weighted by Crippen LogP contribution is -2.28. The molecule has 8 nitrogen and oxygen atoms in total. The molecular weight excluding hydrogens is 392 g/mol. The number of unbranched alkanes of at least 4 members (excludes halogenated alkanes) is 2. The minimum atomic E-state index is -0.120. The minimum Gasteiger partial charge on any atom is -0.494 e. The Morgan fingerprint density at radius 3 is 2.48 bits per heavy atom. The number of carbonyl (C=O) groups excluding carboxylic acids is 1. The van der Waals surface area contributed by atoms with Gasteiger partial charge in [-0.15, -0.1) is 10.2 Å². The molecule has 0 spiro atoms. The molecule has 3 rings (SSSR count). The van der Waals surface area contributed by atoms with Crippen molar-refractivity contribution in [1.82, 2.24) is 25.3 Å². The molecule has 1 aromatic carbocycles. The number of aromatic nitrogens is 4. The van der Waals surface area contributed by atoms with Gasteiger partial charge in [-0.05, 0) is 62.7 Å². The van der Waals surface area contributed by atoms with Crippen molar-refractivity contribution in [3.05, 3.63) is 59.4 Å². The van der Waals surface area contributed by atoms with Gasteiger partial charge in [-0.25, -0.2) is 4.68 Å². The van der Waals surface area contributed by atoms with Gasteiger partial charge in [0.1, 0.15) is 11.6 Å². The van der Waals surface area contributed by atoms with E-state index in [2.05, 4.69) is 32.9 Å². The molecule has 0 aliphatic heterocycles. The summed E-state index contributed by atoms with van der Waals surface area (Å²) in [6.07, 6.45) is 3.37. The molecular formula is C23H30N6O2. The summed E-state index contributed by atoms with van der Waals surface area (Å²) < 4.78 is 7.43. The van der Waals surface area contributed by atoms with Crippen LogP contribution in [0, 0.1) is 13.8 Å². The molecule has 0 radical (unpaired) electrons. The van der Waals surface area contributed by atoms with Gasteiger partial charge < -0.3 is 15.4 Å². The quantitative estimate of drug-likeness (QED) is 0.458. The van der Waals surface area contributed by atoms with E-state index in [0.29, 0.717) is 36.9 Å². The van der Waals surface area contributed by atoms with Gasteiger partial charge in [0.05, 0.1) is 12.3 Å². The number of rotatable bonds is 11. The Morgan fingerprint density at radius 1 is 1.03 bits per heavy atom. The number of nitrogens with zero attached hydrogens (tertiary/aromatic N) is 4. The predicted molar refractivity (Wildman–Crippen MR) is 121 cm³/mol. The van der Waals surface area contributed by atoms with Gasteiger partial charge in [0.2, 0.25) is 0 Å². The van der Waals surface area contributed by atoms with Gasteiger partial charge in [0.25, 0.3) is 5.91 Å². The zero-order chi connectivity index (χ0) is 22.1. The summed E-state index contributed by atoms with van der Waals surface area (Å²) in [6.45, 7) is 7.79. The maximum atomic E-state index is 12.3. The van der Waals surface area contributed by atoms with Crippen LogP contribution in [-0.2, 0) is 0 Å². The molecule has 2 N–H and O–H groups in total. The number of carbonyl (C=O) groups is 1. The van der Waals surface area contributed by atoms with Crippen LogP contribution in [0.5, 0.6) is 5.75 Å². The van der Waals surface area contributed by atoms with Crippen LogP contribution in [0.25, 0.3) is 5.82 Å². The first-order valence-electron chi connectivity index (χ1n) is 10.7. The predicted octanol–water partition coefficient (Wildman–Crippen LogP) is 3.69. The van der Waals surface area contributed by atoms with Gasteiger partial charge in [-0.3, -0.25) is 4.79 Å². The average Bonchev–Trinajstić information content (AvgIpc) is 3.13. The zero-order valence-electron chi connectivity index (χ0n) is 18.4. The van der Waals surface area contributed by atoms with Crippen molar-refractivity contribution in [3.63, 3.8) is 0 Å². The van der Waals surface area contributed by atoms with Crippen molar-refractivity contribution < 1.29 is 9.53 Å². The Labute approximate surface area is 183 Å². The third kappa shape index (κ3) is 6.53. The van der Waals surface area contributed by atoms with Gasteiger partial charge in [0, 0.05) is 24.3 Å². The number of amides is 1. The van der Waals surface area contributed by atoms with Gasteiger partial charge in [0.15, 0.2) is 5.82 Å². The van der Waals surface area contributed by atoms with Crippen LogP contribution in [0.4, 0.5) is 5.82 Å². The number of benzene rings is 1. The van der Waals surface area contributed by atoms with Gasteiger partial charge in [-0.2, -0.15) is 5.10 Å². The Morgan fingerprint density at radius 2 is 1.84 bits per heavy atom. The van der Waals surface area contributed by atoms with Gasteiger partial charge >= 0.3 is 0 Å². The first-order chi connectivity index (χ1) is 15.1. The number of aryl methyl sites for hydroxylation is 2. The van der Waals surface area contributed by atoms with E-state index in [-0.39, 0.29) is 5.91 Å². The molecule has 164 valence electrons. The molecule has 0 aliphatic rings. The van der Waals surface area contributed by atoms with E-state index in [1.165, 1.54) is 6.42 Å². The van der Waals surface area contributed by atoms with Crippen LogP contribution in [0.15, 0.2) is 42.5 Å². The summed E-state index contributed by atoms with van der Waals surface area (Å²) in [6, 6.07) is 12.9. The fourth-order valence-electron chi connectivity index (χ4n) is 3.11. The highest BCUT2D eigenvalue weighted by molar-refractivity contribution is 5.94. The van der Waals surface area contributed by atoms with Crippen LogP contribution < -0.4 is 15.4 Å². The lowest BCUT2D eigenvalue weighted by atomic mass is 10.2. The van der Waals surface area contributed by atoms with Crippen LogP contribution in [-0.4, -0.2) is 45.6 Å². The Bertz CT molecular complexity index is 967. The molecule has 0 atom stereocenters. The Balaban J connectivity index is 1.40. The summed E-state index contributed by atoms with van der Waals surface area (Å²) in [5, 5.41) is 18.8. The highest BCUT2D eigenvalue weighted by atomic mass is 16.5. The molecule has 2 heterocycles. The SMILES string of the molecule is CCCCCOc1ccc(C(=O)NCCNc2ccc(-n3nc(C)cc3C)nn2)cc1. The summed E-state index contributed by atoms with van der Waals surface area (Å²) in [4.78, 5) is 12.3. The second kappa shape index (κ2) is 11.1. The zero-order valence-corrected chi connectivity index (χ0v) is 18.4. The van der Waals surface area contributed by atoms with Crippen molar-refractivity contribution in [1.29, 1.82) is 0 Å². The van der Waals surface area contributed by atoms with E-state index in [9.17, 15) is 4.79 Å². The number of nitrogens with one attached hydrogen (secondary N) is 2. The van der Waals surface area contributed by atoms with E-state index >= 15 is 0 Å². The van der Waals surface area contributed by atoms with Crippen molar-refractivity contribution in [2.75, 3.05) is 25.0 Å². The standard InChI is InChI=1S/C23H30N6O2/c1-4-5-6-15-31-20-9-7-19(8-10-20)23(30)25-14-13-24-21-11-12-22(27-26-21)29-18(3)16-17(2)28-29/h7-12,16H,4-6,13-15H2,1-3H3,(H,24,26)(H,25,30). The highest BCUT2D eigenvalue weighted by Gasteiger charge is 2.07. The minimum absolute atomic E-state index is 0.120. The van der Waals surface area contributed by atoms with E-state index in [1.807, 2.05) is 44.2 Å². The first-order valence-corrected chi connectivity index (χ1v) is 10.7. The van der Waals surface area contributed by atoms with Crippen molar-refractivity contribution >= 4 is 11.7 Å². The maximum absolute atomic E-state index is 12.3. The molecule has 31 heavy (non-hydrogen) atoms. The molecule has 0 unspecified atom stereocenters. The average molecular weight is 423 g/mol. The lowest BCUT2D eigenvalue weighted by molar-refractivity contribution is 0.0955. The maximum Gasteiger partial charge on any atom is 0.251 e. The molecule has 1 amide bonds. The smallest absolute Gasteiger partial charge is 0.251 e. The van der Waals surface area contributed by atoms with E-state index in [0.717, 1.165) is 30.0 Å². The summed E-state index contributed by atoms with van der Waals surface area (Å²) in [5.74, 6) is 1.98. The van der Waals surface area contributed by atoms with Gasteiger partial charge in [-0.1, -0.05) is 19.8 Å². The van der Waals surface area contributed by atoms with Crippen molar-refractivity contribution in [2.45, 2.75) is 40.0 Å². The van der Waals surface area contributed by atoms with Crippen LogP contribution in [0.3, 0.4) is 0 Å². The highest BCUT2D eigenvalue weighted by Crippen LogP contribution is 2.13. The normalized spacial score (nSPS) is 10.7. The Hall–Kier alpha value is -3.42. The van der Waals surface area contributed by atoms with Crippen molar-refractivity contribution in [2.24, 2.45) is 0 Å². The number of anilines is 1. The topological polar surface area (TPSA) is 94.0 Å². The summed E-state index contributed by atoms with van der Waals surface area (Å²) in [5.41, 5.74) is 2.55. The monoisotopic (exact) mass is 422 g/mol. The molecule has 0 aliphatic carbocycles. The molecule has 3 aromatic rings. The fourth-order valence-corrected chi connectivity index (χ4v) is 3.11. The summed E-state index contributed by atoms with van der Waals surface area (Å²) >= 11 is 0. The van der Waals surface area contributed by atoms with E-state index in [4.69, 9.17) is 4.74 Å². The molecule has 0 bridgehead atoms. The second-order valence-corrected chi connectivity index (χ2v) is 7.38. The van der Waals surface area contributed by atoms with Crippen molar-refractivity contribution in [3.8, 4) is 11.6 Å². The second-order valence-electron chi connectivity index (χ2n) is 7.38.